The van der Waals surface area contributed by atoms with Crippen LogP contribution in [-0.4, -0.2) is 15.7 Å². The molecular formula is C17H16N2O. The van der Waals surface area contributed by atoms with Crippen LogP contribution in [-0.2, 0) is 0 Å². The van der Waals surface area contributed by atoms with Crippen LogP contribution in [0.3, 0.4) is 0 Å². The van der Waals surface area contributed by atoms with Gasteiger partial charge in [0.2, 0.25) is 0 Å². The minimum Gasteiger partial charge on any atom is -0.296 e. The molecule has 3 rings (SSSR count). The third-order valence-corrected chi connectivity index (χ3v) is 3.70. The Morgan fingerprint density at radius 1 is 1.05 bits per heavy atom. The fourth-order valence-electron chi connectivity index (χ4n) is 2.38. The van der Waals surface area contributed by atoms with E-state index in [-0.39, 0.29) is 0 Å². The van der Waals surface area contributed by atoms with Crippen LogP contribution in [0.2, 0.25) is 0 Å². The average molecular weight is 264 g/mol. The zero-order valence-electron chi connectivity index (χ0n) is 11.8. The third-order valence-electron chi connectivity index (χ3n) is 3.70. The second-order valence-corrected chi connectivity index (χ2v) is 5.20. The predicted octanol–water partition coefficient (Wildman–Crippen LogP) is 3.74. The van der Waals surface area contributed by atoms with Gasteiger partial charge < -0.3 is 0 Å². The molecule has 100 valence electrons. The molecule has 2 heterocycles. The highest BCUT2D eigenvalue weighted by Crippen LogP contribution is 2.25. The SMILES string of the molecule is Cc1ccc2nc(-c3ccc(C)c(C)c3)c(C=O)n2c1. The number of hydrogen-bond donors (Lipinski definition) is 0. The van der Waals surface area contributed by atoms with E-state index in [9.17, 15) is 4.79 Å². The van der Waals surface area contributed by atoms with Crippen LogP contribution >= 0.6 is 0 Å². The first-order valence-electron chi connectivity index (χ1n) is 6.61. The summed E-state index contributed by atoms with van der Waals surface area (Å²) in [5.41, 5.74) is 6.67. The van der Waals surface area contributed by atoms with Crippen LogP contribution in [0, 0.1) is 20.8 Å². The minimum absolute atomic E-state index is 0.604. The summed E-state index contributed by atoms with van der Waals surface area (Å²) >= 11 is 0. The van der Waals surface area contributed by atoms with E-state index in [2.05, 4.69) is 31.0 Å². The maximum absolute atomic E-state index is 11.5. The van der Waals surface area contributed by atoms with E-state index >= 15 is 0 Å². The van der Waals surface area contributed by atoms with Gasteiger partial charge in [0, 0.05) is 11.8 Å². The van der Waals surface area contributed by atoms with Crippen molar-refractivity contribution in [2.24, 2.45) is 0 Å². The van der Waals surface area contributed by atoms with Crippen molar-refractivity contribution >= 4 is 11.9 Å². The van der Waals surface area contributed by atoms with Gasteiger partial charge in [0.1, 0.15) is 17.0 Å². The Morgan fingerprint density at radius 3 is 2.55 bits per heavy atom. The van der Waals surface area contributed by atoms with E-state index in [1.54, 1.807) is 0 Å². The zero-order valence-corrected chi connectivity index (χ0v) is 11.8. The summed E-state index contributed by atoms with van der Waals surface area (Å²) in [4.78, 5) is 16.1. The van der Waals surface area contributed by atoms with Gasteiger partial charge >= 0.3 is 0 Å². The highest BCUT2D eigenvalue weighted by atomic mass is 16.1. The fraction of sp³-hybridized carbons (Fsp3) is 0.176. The molecule has 0 aliphatic rings. The summed E-state index contributed by atoms with van der Waals surface area (Å²) < 4.78 is 1.85. The van der Waals surface area contributed by atoms with Crippen molar-refractivity contribution in [3.63, 3.8) is 0 Å². The first-order valence-corrected chi connectivity index (χ1v) is 6.61. The van der Waals surface area contributed by atoms with Crippen molar-refractivity contribution < 1.29 is 4.79 Å². The normalized spacial score (nSPS) is 10.9. The van der Waals surface area contributed by atoms with Gasteiger partial charge in [-0.1, -0.05) is 18.2 Å². The number of fused-ring (bicyclic) bond motifs is 1. The van der Waals surface area contributed by atoms with Crippen molar-refractivity contribution in [2.75, 3.05) is 0 Å². The van der Waals surface area contributed by atoms with Crippen molar-refractivity contribution in [3.05, 3.63) is 58.9 Å². The summed E-state index contributed by atoms with van der Waals surface area (Å²) in [6.07, 6.45) is 2.82. The summed E-state index contributed by atoms with van der Waals surface area (Å²) in [6, 6.07) is 10.1. The molecule has 0 N–H and O–H groups in total. The van der Waals surface area contributed by atoms with Gasteiger partial charge in [0.05, 0.1) is 0 Å². The molecule has 3 heteroatoms. The summed E-state index contributed by atoms with van der Waals surface area (Å²) in [6.45, 7) is 6.15. The van der Waals surface area contributed by atoms with E-state index in [0.29, 0.717) is 5.69 Å². The Labute approximate surface area is 117 Å². The van der Waals surface area contributed by atoms with Crippen LogP contribution in [0.5, 0.6) is 0 Å². The molecule has 3 nitrogen and oxygen atoms in total. The van der Waals surface area contributed by atoms with Crippen molar-refractivity contribution in [2.45, 2.75) is 20.8 Å². The van der Waals surface area contributed by atoms with Crippen LogP contribution in [0.25, 0.3) is 16.9 Å². The molecule has 0 amide bonds. The number of aryl methyl sites for hydroxylation is 3. The van der Waals surface area contributed by atoms with Crippen LogP contribution in [0.4, 0.5) is 0 Å². The predicted molar refractivity (Wildman–Crippen MR) is 80.2 cm³/mol. The first kappa shape index (κ1) is 12.6. The summed E-state index contributed by atoms with van der Waals surface area (Å²) in [7, 11) is 0. The van der Waals surface area contributed by atoms with Crippen molar-refractivity contribution in [1.82, 2.24) is 9.38 Å². The maximum Gasteiger partial charge on any atom is 0.169 e. The number of benzene rings is 1. The maximum atomic E-state index is 11.5. The number of aldehydes is 1. The summed E-state index contributed by atoms with van der Waals surface area (Å²) in [5, 5.41) is 0. The lowest BCUT2D eigenvalue weighted by Gasteiger charge is -2.03. The Morgan fingerprint density at radius 2 is 1.85 bits per heavy atom. The standard InChI is InChI=1S/C17H16N2O/c1-11-4-7-16-18-17(15(10-20)19(16)9-11)14-6-5-12(2)13(3)8-14/h4-10H,1-3H3. The molecule has 0 saturated carbocycles. The second kappa shape index (κ2) is 4.60. The molecule has 0 saturated heterocycles. The van der Waals surface area contributed by atoms with Gasteiger partial charge in [-0.3, -0.25) is 9.20 Å². The molecular weight excluding hydrogens is 248 g/mol. The second-order valence-electron chi connectivity index (χ2n) is 5.20. The van der Waals surface area contributed by atoms with Crippen LogP contribution in [0.1, 0.15) is 27.2 Å². The number of pyridine rings is 1. The van der Waals surface area contributed by atoms with Gasteiger partial charge in [0.25, 0.3) is 0 Å². The van der Waals surface area contributed by atoms with Crippen LogP contribution < -0.4 is 0 Å². The number of imidazole rings is 1. The molecule has 0 bridgehead atoms. The molecule has 3 aromatic rings. The highest BCUT2D eigenvalue weighted by molar-refractivity contribution is 5.86. The van der Waals surface area contributed by atoms with Crippen LogP contribution in [0.15, 0.2) is 36.5 Å². The third kappa shape index (κ3) is 1.92. The Hall–Kier alpha value is -2.42. The molecule has 20 heavy (non-hydrogen) atoms. The number of hydrogen-bond acceptors (Lipinski definition) is 2. The van der Waals surface area contributed by atoms with Crippen molar-refractivity contribution in [1.29, 1.82) is 0 Å². The molecule has 0 fully saturated rings. The molecule has 1 aromatic carbocycles. The van der Waals surface area contributed by atoms with E-state index in [4.69, 9.17) is 0 Å². The zero-order chi connectivity index (χ0) is 14.3. The molecule has 0 aliphatic heterocycles. The quantitative estimate of drug-likeness (QED) is 0.661. The lowest BCUT2D eigenvalue weighted by atomic mass is 10.0. The largest absolute Gasteiger partial charge is 0.296 e. The molecule has 0 spiro atoms. The highest BCUT2D eigenvalue weighted by Gasteiger charge is 2.13. The summed E-state index contributed by atoms with van der Waals surface area (Å²) in [5.74, 6) is 0. The topological polar surface area (TPSA) is 34.4 Å². The Bertz CT molecular complexity index is 815. The molecule has 0 aliphatic carbocycles. The molecule has 0 radical (unpaired) electrons. The Kier molecular flexibility index (Phi) is 2.90. The number of nitrogens with zero attached hydrogens (tertiary/aromatic N) is 2. The van der Waals surface area contributed by atoms with Gasteiger partial charge in [-0.15, -0.1) is 0 Å². The van der Waals surface area contributed by atoms with E-state index in [1.807, 2.05) is 35.7 Å². The smallest absolute Gasteiger partial charge is 0.169 e. The lowest BCUT2D eigenvalue weighted by Crippen LogP contribution is -1.93. The number of rotatable bonds is 2. The molecule has 2 aromatic heterocycles. The van der Waals surface area contributed by atoms with Gasteiger partial charge in [-0.25, -0.2) is 4.98 Å². The van der Waals surface area contributed by atoms with Gasteiger partial charge in [-0.05, 0) is 49.6 Å². The van der Waals surface area contributed by atoms with Gasteiger partial charge in [-0.2, -0.15) is 0 Å². The fourth-order valence-corrected chi connectivity index (χ4v) is 2.38. The molecule has 0 unspecified atom stereocenters. The Balaban J connectivity index is 2.30. The minimum atomic E-state index is 0.604. The molecule has 0 atom stereocenters. The van der Waals surface area contributed by atoms with E-state index in [1.165, 1.54) is 11.1 Å². The average Bonchev–Trinajstić information content (AvgIpc) is 2.79. The number of carbonyl (C=O) groups excluding carboxylic acids is 1. The first-order chi connectivity index (χ1) is 9.60. The number of aromatic nitrogens is 2. The van der Waals surface area contributed by atoms with E-state index in [0.717, 1.165) is 28.8 Å². The lowest BCUT2D eigenvalue weighted by molar-refractivity contribution is 0.111. The monoisotopic (exact) mass is 264 g/mol. The van der Waals surface area contributed by atoms with Crippen molar-refractivity contribution in [3.8, 4) is 11.3 Å². The van der Waals surface area contributed by atoms with Gasteiger partial charge in [0.15, 0.2) is 6.29 Å². The van der Waals surface area contributed by atoms with E-state index < -0.39 is 0 Å². The number of carbonyl (C=O) groups is 1.